The van der Waals surface area contributed by atoms with Gasteiger partial charge in [0.25, 0.3) is 5.91 Å². The molecule has 0 aliphatic carbocycles. The van der Waals surface area contributed by atoms with Crippen LogP contribution in [-0.4, -0.2) is 15.9 Å². The zero-order chi connectivity index (χ0) is 17.6. The summed E-state index contributed by atoms with van der Waals surface area (Å²) in [6.45, 7) is 5.90. The molecule has 0 aliphatic rings. The summed E-state index contributed by atoms with van der Waals surface area (Å²) in [5.41, 5.74) is 5.15. The molecule has 1 N–H and O–H groups in total. The zero-order valence-electron chi connectivity index (χ0n) is 14.3. The van der Waals surface area contributed by atoms with Crippen LogP contribution in [0.3, 0.4) is 0 Å². The number of amides is 1. The van der Waals surface area contributed by atoms with Crippen LogP contribution in [0.1, 0.15) is 26.6 Å². The fourth-order valence-corrected chi connectivity index (χ4v) is 3.84. The Morgan fingerprint density at radius 3 is 2.60 bits per heavy atom. The highest BCUT2D eigenvalue weighted by Gasteiger charge is 2.13. The summed E-state index contributed by atoms with van der Waals surface area (Å²) in [5, 5.41) is 4.90. The highest BCUT2D eigenvalue weighted by atomic mass is 32.1. The lowest BCUT2D eigenvalue weighted by atomic mass is 10.0. The largest absolute Gasteiger partial charge is 0.322 e. The van der Waals surface area contributed by atoms with E-state index in [1.54, 1.807) is 11.3 Å². The number of pyridine rings is 1. The van der Waals surface area contributed by atoms with Crippen molar-refractivity contribution in [2.45, 2.75) is 20.8 Å². The van der Waals surface area contributed by atoms with Crippen LogP contribution in [0.2, 0.25) is 0 Å². The molecule has 0 unspecified atom stereocenters. The second kappa shape index (κ2) is 5.93. The lowest BCUT2D eigenvalue weighted by molar-refractivity contribution is 0.102. The predicted molar refractivity (Wildman–Crippen MR) is 104 cm³/mol. The number of nitrogens with zero attached hydrogens (tertiary/aromatic N) is 2. The molecule has 0 bridgehead atoms. The molecule has 0 saturated carbocycles. The summed E-state index contributed by atoms with van der Waals surface area (Å²) < 4.78 is 1.07. The molecular weight excluding hydrogens is 330 g/mol. The van der Waals surface area contributed by atoms with Crippen molar-refractivity contribution in [2.24, 2.45) is 0 Å². The number of nitrogens with one attached hydrogen (secondary N) is 1. The summed E-state index contributed by atoms with van der Waals surface area (Å²) in [4.78, 5) is 21.9. The van der Waals surface area contributed by atoms with E-state index in [0.717, 1.165) is 43.1 Å². The molecule has 4 rings (SSSR count). The first-order valence-corrected chi connectivity index (χ1v) is 8.88. The van der Waals surface area contributed by atoms with Gasteiger partial charge in [0.05, 0.1) is 26.3 Å². The Labute approximate surface area is 149 Å². The van der Waals surface area contributed by atoms with E-state index >= 15 is 0 Å². The van der Waals surface area contributed by atoms with E-state index < -0.39 is 0 Å². The maximum Gasteiger partial charge on any atom is 0.256 e. The number of aromatic nitrogens is 2. The maximum atomic E-state index is 12.9. The third kappa shape index (κ3) is 2.98. The third-order valence-electron chi connectivity index (χ3n) is 4.09. The van der Waals surface area contributed by atoms with Crippen LogP contribution >= 0.6 is 11.3 Å². The van der Waals surface area contributed by atoms with Crippen LogP contribution in [0.4, 0.5) is 5.69 Å². The van der Waals surface area contributed by atoms with Crippen LogP contribution in [0.15, 0.2) is 42.5 Å². The van der Waals surface area contributed by atoms with Crippen LogP contribution in [0.5, 0.6) is 0 Å². The van der Waals surface area contributed by atoms with Crippen molar-refractivity contribution in [1.82, 2.24) is 9.97 Å². The van der Waals surface area contributed by atoms with Gasteiger partial charge in [-0.05, 0) is 57.2 Å². The minimum atomic E-state index is -0.123. The molecule has 0 aliphatic heterocycles. The zero-order valence-corrected chi connectivity index (χ0v) is 15.1. The monoisotopic (exact) mass is 347 g/mol. The van der Waals surface area contributed by atoms with Crippen molar-refractivity contribution < 1.29 is 4.79 Å². The fraction of sp³-hybridized carbons (Fsp3) is 0.150. The Bertz CT molecular complexity index is 1130. The van der Waals surface area contributed by atoms with Crippen molar-refractivity contribution >= 4 is 44.1 Å². The molecule has 124 valence electrons. The van der Waals surface area contributed by atoms with Gasteiger partial charge in [0.2, 0.25) is 0 Å². The molecule has 0 spiro atoms. The Morgan fingerprint density at radius 2 is 1.76 bits per heavy atom. The van der Waals surface area contributed by atoms with Crippen molar-refractivity contribution in [2.75, 3.05) is 5.32 Å². The SMILES string of the molecule is Cc1ccc2nc(C)cc(C(=O)Nc3ccc4nc(C)sc4c3)c2c1. The topological polar surface area (TPSA) is 54.9 Å². The smallest absolute Gasteiger partial charge is 0.256 e. The number of aryl methyl sites for hydroxylation is 3. The summed E-state index contributed by atoms with van der Waals surface area (Å²) in [7, 11) is 0. The first-order valence-electron chi connectivity index (χ1n) is 8.06. The number of hydrogen-bond acceptors (Lipinski definition) is 4. The molecule has 4 nitrogen and oxygen atoms in total. The van der Waals surface area contributed by atoms with E-state index in [1.807, 2.05) is 63.2 Å². The van der Waals surface area contributed by atoms with Crippen molar-refractivity contribution in [3.63, 3.8) is 0 Å². The van der Waals surface area contributed by atoms with E-state index in [4.69, 9.17) is 0 Å². The molecular formula is C20H17N3OS. The van der Waals surface area contributed by atoms with Crippen molar-refractivity contribution in [1.29, 1.82) is 0 Å². The number of carbonyl (C=O) groups excluding carboxylic acids is 1. The van der Waals surface area contributed by atoms with E-state index in [1.165, 1.54) is 0 Å². The lowest BCUT2D eigenvalue weighted by Crippen LogP contribution is -2.13. The molecule has 0 fully saturated rings. The second-order valence-electron chi connectivity index (χ2n) is 6.20. The van der Waals surface area contributed by atoms with Crippen LogP contribution < -0.4 is 5.32 Å². The molecule has 5 heteroatoms. The van der Waals surface area contributed by atoms with E-state index in [2.05, 4.69) is 15.3 Å². The summed E-state index contributed by atoms with van der Waals surface area (Å²) >= 11 is 1.62. The van der Waals surface area contributed by atoms with Gasteiger partial charge in [0, 0.05) is 16.8 Å². The second-order valence-corrected chi connectivity index (χ2v) is 7.44. The Hall–Kier alpha value is -2.79. The van der Waals surface area contributed by atoms with Gasteiger partial charge in [-0.2, -0.15) is 0 Å². The van der Waals surface area contributed by atoms with Gasteiger partial charge in [0.15, 0.2) is 0 Å². The van der Waals surface area contributed by atoms with E-state index in [0.29, 0.717) is 5.56 Å². The summed E-state index contributed by atoms with van der Waals surface area (Å²) in [5.74, 6) is -0.123. The minimum Gasteiger partial charge on any atom is -0.322 e. The summed E-state index contributed by atoms with van der Waals surface area (Å²) in [6.07, 6.45) is 0. The molecule has 2 aromatic carbocycles. The molecule has 4 aromatic rings. The number of anilines is 1. The van der Waals surface area contributed by atoms with Gasteiger partial charge < -0.3 is 5.32 Å². The molecule has 2 aromatic heterocycles. The predicted octanol–water partition coefficient (Wildman–Crippen LogP) is 5.02. The lowest BCUT2D eigenvalue weighted by Gasteiger charge is -2.10. The number of fused-ring (bicyclic) bond motifs is 2. The van der Waals surface area contributed by atoms with E-state index in [9.17, 15) is 4.79 Å². The molecule has 1 amide bonds. The van der Waals surface area contributed by atoms with Crippen LogP contribution in [0.25, 0.3) is 21.1 Å². The molecule has 0 atom stereocenters. The molecule has 0 radical (unpaired) electrons. The average molecular weight is 347 g/mol. The Morgan fingerprint density at radius 1 is 0.960 bits per heavy atom. The standard InChI is InChI=1S/C20H17N3OS/c1-11-4-6-17-15(8-11)16(9-12(2)21-17)20(24)23-14-5-7-18-19(10-14)25-13(3)22-18/h4-10H,1-3H3,(H,23,24). The van der Waals surface area contributed by atoms with Crippen molar-refractivity contribution in [3.8, 4) is 0 Å². The van der Waals surface area contributed by atoms with Gasteiger partial charge in [-0.25, -0.2) is 4.98 Å². The molecule has 0 saturated heterocycles. The Balaban J connectivity index is 1.74. The van der Waals surface area contributed by atoms with Gasteiger partial charge in [-0.15, -0.1) is 11.3 Å². The van der Waals surface area contributed by atoms with Gasteiger partial charge in [0.1, 0.15) is 0 Å². The maximum absolute atomic E-state index is 12.9. The molecule has 2 heterocycles. The number of carbonyl (C=O) groups is 1. The van der Waals surface area contributed by atoms with E-state index in [-0.39, 0.29) is 5.91 Å². The fourth-order valence-electron chi connectivity index (χ4n) is 2.98. The first kappa shape index (κ1) is 15.7. The quantitative estimate of drug-likeness (QED) is 0.554. The molecule has 25 heavy (non-hydrogen) atoms. The highest BCUT2D eigenvalue weighted by molar-refractivity contribution is 7.18. The highest BCUT2D eigenvalue weighted by Crippen LogP contribution is 2.26. The normalized spacial score (nSPS) is 11.2. The summed E-state index contributed by atoms with van der Waals surface area (Å²) in [6, 6.07) is 13.6. The first-order chi connectivity index (χ1) is 12.0. The minimum absolute atomic E-state index is 0.123. The number of benzene rings is 2. The average Bonchev–Trinajstić information content (AvgIpc) is 2.93. The van der Waals surface area contributed by atoms with Crippen molar-refractivity contribution in [3.05, 3.63) is 64.3 Å². The Kier molecular flexibility index (Phi) is 3.73. The third-order valence-corrected chi connectivity index (χ3v) is 5.02. The van der Waals surface area contributed by atoms with Gasteiger partial charge in [-0.3, -0.25) is 9.78 Å². The number of rotatable bonds is 2. The number of thiazole rings is 1. The van der Waals surface area contributed by atoms with Gasteiger partial charge in [-0.1, -0.05) is 11.6 Å². The number of hydrogen-bond donors (Lipinski definition) is 1. The van der Waals surface area contributed by atoms with Crippen LogP contribution in [-0.2, 0) is 0 Å². The van der Waals surface area contributed by atoms with Crippen LogP contribution in [0, 0.1) is 20.8 Å². The van der Waals surface area contributed by atoms with Gasteiger partial charge >= 0.3 is 0 Å².